The van der Waals surface area contributed by atoms with Crippen molar-refractivity contribution in [1.29, 1.82) is 0 Å². The lowest BCUT2D eigenvalue weighted by Gasteiger charge is -2.49. The van der Waals surface area contributed by atoms with Crippen LogP contribution in [-0.4, -0.2) is 36.1 Å². The van der Waals surface area contributed by atoms with Crippen LogP contribution in [0.3, 0.4) is 0 Å². The fourth-order valence-electron chi connectivity index (χ4n) is 4.83. The Bertz CT molecular complexity index is 312. The molecule has 1 spiro atoms. The Hall–Kier alpha value is -0.120. The molecule has 2 saturated heterocycles. The second-order valence-electron chi connectivity index (χ2n) is 7.48. The molecule has 1 aliphatic carbocycles. The predicted octanol–water partition coefficient (Wildman–Crippen LogP) is 2.76. The molecule has 0 aromatic heterocycles. The van der Waals surface area contributed by atoms with Gasteiger partial charge in [0.05, 0.1) is 17.8 Å². The first-order valence-electron chi connectivity index (χ1n) is 7.95. The molecule has 3 heteroatoms. The molecule has 3 rings (SSSR count). The molecule has 2 aliphatic heterocycles. The molecule has 3 aliphatic rings. The zero-order valence-electron chi connectivity index (χ0n) is 12.4. The molecule has 1 N–H and O–H groups in total. The highest BCUT2D eigenvalue weighted by Gasteiger charge is 2.49. The van der Waals surface area contributed by atoms with Crippen LogP contribution in [0.4, 0.5) is 0 Å². The van der Waals surface area contributed by atoms with E-state index in [-0.39, 0.29) is 5.60 Å². The second-order valence-corrected chi connectivity index (χ2v) is 7.48. The van der Waals surface area contributed by atoms with E-state index in [1.807, 2.05) is 0 Å². The highest BCUT2D eigenvalue weighted by Crippen LogP contribution is 2.47. The van der Waals surface area contributed by atoms with Crippen LogP contribution < -0.4 is 0 Å². The molecule has 0 bridgehead atoms. The molecule has 2 heterocycles. The molecule has 0 radical (unpaired) electrons. The summed E-state index contributed by atoms with van der Waals surface area (Å²) in [4.78, 5) is 0. The summed E-state index contributed by atoms with van der Waals surface area (Å²) in [6.45, 7) is 6.91. The smallest absolute Gasteiger partial charge is 0.0940 e. The van der Waals surface area contributed by atoms with Crippen molar-refractivity contribution in [3.63, 3.8) is 0 Å². The minimum Gasteiger partial charge on any atom is -0.390 e. The maximum absolute atomic E-state index is 11.2. The zero-order valence-corrected chi connectivity index (χ0v) is 12.4. The molecule has 110 valence electrons. The summed E-state index contributed by atoms with van der Waals surface area (Å²) in [6, 6.07) is 0. The Balaban J connectivity index is 1.73. The summed E-state index contributed by atoms with van der Waals surface area (Å²) in [5.41, 5.74) is -0.543. The lowest BCUT2D eigenvalue weighted by atomic mass is 9.64. The SMILES string of the molecule is CC1CC(C)CC(O)(C2CCOC3(CCOC3)C2)C1. The van der Waals surface area contributed by atoms with Crippen molar-refractivity contribution >= 4 is 0 Å². The van der Waals surface area contributed by atoms with E-state index in [9.17, 15) is 5.11 Å². The van der Waals surface area contributed by atoms with Crippen molar-refractivity contribution in [1.82, 2.24) is 0 Å². The summed E-state index contributed by atoms with van der Waals surface area (Å²) in [5.74, 6) is 1.69. The van der Waals surface area contributed by atoms with Gasteiger partial charge >= 0.3 is 0 Å². The van der Waals surface area contributed by atoms with Crippen LogP contribution in [0.1, 0.15) is 52.4 Å². The van der Waals surface area contributed by atoms with E-state index in [0.717, 1.165) is 51.9 Å². The van der Waals surface area contributed by atoms with E-state index in [0.29, 0.717) is 17.8 Å². The van der Waals surface area contributed by atoms with Crippen molar-refractivity contribution in [2.24, 2.45) is 17.8 Å². The average molecular weight is 268 g/mol. The quantitative estimate of drug-likeness (QED) is 0.795. The number of aliphatic hydroxyl groups is 1. The first kappa shape index (κ1) is 13.8. The van der Waals surface area contributed by atoms with E-state index in [1.165, 1.54) is 6.42 Å². The first-order chi connectivity index (χ1) is 9.01. The highest BCUT2D eigenvalue weighted by atomic mass is 16.6. The third kappa shape index (κ3) is 2.70. The zero-order chi connectivity index (χ0) is 13.5. The van der Waals surface area contributed by atoms with Crippen LogP contribution in [0.2, 0.25) is 0 Å². The Morgan fingerprint density at radius 2 is 1.79 bits per heavy atom. The number of ether oxygens (including phenoxy) is 2. The molecule has 0 aromatic rings. The van der Waals surface area contributed by atoms with Crippen molar-refractivity contribution in [3.05, 3.63) is 0 Å². The summed E-state index contributed by atoms with van der Waals surface area (Å²) in [7, 11) is 0. The van der Waals surface area contributed by atoms with E-state index >= 15 is 0 Å². The summed E-state index contributed by atoms with van der Waals surface area (Å²) in [5, 5.41) is 11.2. The standard InChI is InChI=1S/C16H28O3/c1-12-7-13(2)9-16(17,8-12)14-3-5-19-15(10-14)4-6-18-11-15/h12-14,17H,3-11H2,1-2H3. The van der Waals surface area contributed by atoms with E-state index in [1.54, 1.807) is 0 Å². The monoisotopic (exact) mass is 268 g/mol. The largest absolute Gasteiger partial charge is 0.390 e. The van der Waals surface area contributed by atoms with Gasteiger partial charge in [0.1, 0.15) is 0 Å². The Morgan fingerprint density at radius 1 is 1.05 bits per heavy atom. The number of hydrogen-bond donors (Lipinski definition) is 1. The Kier molecular flexibility index (Phi) is 3.65. The van der Waals surface area contributed by atoms with Gasteiger partial charge in [-0.3, -0.25) is 0 Å². The van der Waals surface area contributed by atoms with Gasteiger partial charge in [-0.15, -0.1) is 0 Å². The molecule has 1 saturated carbocycles. The maximum atomic E-state index is 11.2. The van der Waals surface area contributed by atoms with Crippen LogP contribution in [-0.2, 0) is 9.47 Å². The van der Waals surface area contributed by atoms with E-state index < -0.39 is 5.60 Å². The Labute approximate surface area is 116 Å². The van der Waals surface area contributed by atoms with Crippen molar-refractivity contribution < 1.29 is 14.6 Å². The van der Waals surface area contributed by atoms with Crippen molar-refractivity contribution in [2.75, 3.05) is 19.8 Å². The van der Waals surface area contributed by atoms with Gasteiger partial charge in [-0.25, -0.2) is 0 Å². The van der Waals surface area contributed by atoms with Gasteiger partial charge in [0.2, 0.25) is 0 Å². The normalized spacial score (nSPS) is 51.6. The molecule has 4 unspecified atom stereocenters. The summed E-state index contributed by atoms with van der Waals surface area (Å²) in [6.07, 6.45) is 6.21. The van der Waals surface area contributed by atoms with E-state index in [4.69, 9.17) is 9.47 Å². The fraction of sp³-hybridized carbons (Fsp3) is 1.00. The van der Waals surface area contributed by atoms with Crippen LogP contribution in [0.5, 0.6) is 0 Å². The molecule has 3 nitrogen and oxygen atoms in total. The van der Waals surface area contributed by atoms with Crippen LogP contribution in [0, 0.1) is 17.8 Å². The predicted molar refractivity (Wildman–Crippen MR) is 74.0 cm³/mol. The van der Waals surface area contributed by atoms with Gasteiger partial charge < -0.3 is 14.6 Å². The molecular weight excluding hydrogens is 240 g/mol. The molecular formula is C16H28O3. The summed E-state index contributed by atoms with van der Waals surface area (Å²) >= 11 is 0. The molecule has 19 heavy (non-hydrogen) atoms. The molecule has 0 amide bonds. The number of hydrogen-bond acceptors (Lipinski definition) is 3. The van der Waals surface area contributed by atoms with Crippen molar-refractivity contribution in [2.45, 2.75) is 63.6 Å². The average Bonchev–Trinajstić information content (AvgIpc) is 2.75. The Morgan fingerprint density at radius 3 is 2.42 bits per heavy atom. The fourth-order valence-corrected chi connectivity index (χ4v) is 4.83. The van der Waals surface area contributed by atoms with Gasteiger partial charge in [-0.2, -0.15) is 0 Å². The second kappa shape index (κ2) is 5.01. The van der Waals surface area contributed by atoms with Crippen LogP contribution in [0.15, 0.2) is 0 Å². The highest BCUT2D eigenvalue weighted by molar-refractivity contribution is 5.00. The third-order valence-corrected chi connectivity index (χ3v) is 5.53. The summed E-state index contributed by atoms with van der Waals surface area (Å²) < 4.78 is 11.6. The maximum Gasteiger partial charge on any atom is 0.0940 e. The first-order valence-corrected chi connectivity index (χ1v) is 7.95. The third-order valence-electron chi connectivity index (χ3n) is 5.53. The van der Waals surface area contributed by atoms with Gasteiger partial charge in [0.25, 0.3) is 0 Å². The van der Waals surface area contributed by atoms with Gasteiger partial charge in [0.15, 0.2) is 0 Å². The van der Waals surface area contributed by atoms with Crippen LogP contribution >= 0.6 is 0 Å². The minimum absolute atomic E-state index is 0.0808. The molecule has 3 fully saturated rings. The topological polar surface area (TPSA) is 38.7 Å². The lowest BCUT2D eigenvalue weighted by Crippen LogP contribution is -2.51. The van der Waals surface area contributed by atoms with Gasteiger partial charge in [0, 0.05) is 19.6 Å². The molecule has 4 atom stereocenters. The lowest BCUT2D eigenvalue weighted by molar-refractivity contribution is -0.160. The van der Waals surface area contributed by atoms with E-state index in [2.05, 4.69) is 13.8 Å². The van der Waals surface area contributed by atoms with Gasteiger partial charge in [-0.05, 0) is 49.9 Å². The molecule has 0 aromatic carbocycles. The van der Waals surface area contributed by atoms with Gasteiger partial charge in [-0.1, -0.05) is 13.8 Å². The van der Waals surface area contributed by atoms with Crippen LogP contribution in [0.25, 0.3) is 0 Å². The van der Waals surface area contributed by atoms with Crippen molar-refractivity contribution in [3.8, 4) is 0 Å². The minimum atomic E-state index is -0.462. The number of rotatable bonds is 1.